The summed E-state index contributed by atoms with van der Waals surface area (Å²) in [5, 5.41) is 0. The van der Waals surface area contributed by atoms with E-state index in [-0.39, 0.29) is 6.04 Å². The van der Waals surface area contributed by atoms with E-state index in [1.807, 2.05) is 31.2 Å². The van der Waals surface area contributed by atoms with Crippen molar-refractivity contribution in [1.29, 1.82) is 0 Å². The number of nitrogens with zero attached hydrogens (tertiary/aromatic N) is 2. The maximum absolute atomic E-state index is 6.09. The highest BCUT2D eigenvalue weighted by atomic mass is 14.9. The molecular weight excluding hydrogens is 186 g/mol. The Labute approximate surface area is 89.0 Å². The van der Waals surface area contributed by atoms with Crippen LogP contribution in [0.1, 0.15) is 23.0 Å². The van der Waals surface area contributed by atoms with Crippen LogP contribution in [0.3, 0.4) is 0 Å². The Balaban J connectivity index is 2.37. The van der Waals surface area contributed by atoms with Crippen molar-refractivity contribution in [2.24, 2.45) is 5.73 Å². The molecule has 1 aromatic carbocycles. The molecule has 0 spiro atoms. The number of aromatic nitrogens is 2. The van der Waals surface area contributed by atoms with Gasteiger partial charge in [-0.15, -0.1) is 0 Å². The monoisotopic (exact) mass is 199 g/mol. The lowest BCUT2D eigenvalue weighted by molar-refractivity contribution is 0.775. The Morgan fingerprint density at radius 1 is 1.07 bits per heavy atom. The van der Waals surface area contributed by atoms with Crippen LogP contribution >= 0.6 is 0 Å². The van der Waals surface area contributed by atoms with Crippen molar-refractivity contribution in [2.45, 2.75) is 13.0 Å². The van der Waals surface area contributed by atoms with Gasteiger partial charge < -0.3 is 5.73 Å². The Kier molecular flexibility index (Phi) is 2.74. The molecular formula is C12H13N3. The quantitative estimate of drug-likeness (QED) is 0.802. The summed E-state index contributed by atoms with van der Waals surface area (Å²) in [6.07, 6.45) is 3.42. The van der Waals surface area contributed by atoms with Crippen LogP contribution in [0.4, 0.5) is 0 Å². The minimum atomic E-state index is -0.243. The molecule has 1 atom stereocenters. The summed E-state index contributed by atoms with van der Waals surface area (Å²) >= 11 is 0. The van der Waals surface area contributed by atoms with Crippen LogP contribution in [-0.4, -0.2) is 9.97 Å². The molecule has 0 saturated carbocycles. The van der Waals surface area contributed by atoms with Gasteiger partial charge >= 0.3 is 0 Å². The zero-order valence-electron chi connectivity index (χ0n) is 8.59. The van der Waals surface area contributed by atoms with E-state index < -0.39 is 0 Å². The second-order valence-corrected chi connectivity index (χ2v) is 3.44. The first-order chi connectivity index (χ1) is 7.29. The van der Waals surface area contributed by atoms with Gasteiger partial charge in [-0.3, -0.25) is 0 Å². The molecule has 1 heterocycles. The van der Waals surface area contributed by atoms with E-state index >= 15 is 0 Å². The molecule has 0 aliphatic heterocycles. The molecule has 0 saturated heterocycles. The zero-order valence-corrected chi connectivity index (χ0v) is 8.59. The standard InChI is InChI=1S/C12H13N3/c1-9-5-2-3-6-10(9)11(13)12-14-7-4-8-15-12/h2-8,11H,13H2,1H3/t11-/m1/s1. The van der Waals surface area contributed by atoms with Gasteiger partial charge in [0, 0.05) is 12.4 Å². The molecule has 0 aliphatic rings. The Bertz CT molecular complexity index is 440. The van der Waals surface area contributed by atoms with Crippen LogP contribution in [0, 0.1) is 6.92 Å². The third-order valence-corrected chi connectivity index (χ3v) is 2.39. The Morgan fingerprint density at radius 2 is 1.73 bits per heavy atom. The molecule has 0 unspecified atom stereocenters. The van der Waals surface area contributed by atoms with E-state index in [2.05, 4.69) is 9.97 Å². The van der Waals surface area contributed by atoms with Gasteiger partial charge in [-0.1, -0.05) is 24.3 Å². The number of rotatable bonds is 2. The second-order valence-electron chi connectivity index (χ2n) is 3.44. The molecule has 0 fully saturated rings. The molecule has 1 aromatic heterocycles. The van der Waals surface area contributed by atoms with Gasteiger partial charge in [0.25, 0.3) is 0 Å². The number of hydrogen-bond donors (Lipinski definition) is 1. The van der Waals surface area contributed by atoms with E-state index in [9.17, 15) is 0 Å². The topological polar surface area (TPSA) is 51.8 Å². The summed E-state index contributed by atoms with van der Waals surface area (Å²) < 4.78 is 0. The average molecular weight is 199 g/mol. The SMILES string of the molecule is Cc1ccccc1[C@@H](N)c1ncccn1. The number of nitrogens with two attached hydrogens (primary N) is 1. The summed E-state index contributed by atoms with van der Waals surface area (Å²) in [6.45, 7) is 2.04. The van der Waals surface area contributed by atoms with E-state index in [1.54, 1.807) is 18.5 Å². The Hall–Kier alpha value is -1.74. The third-order valence-electron chi connectivity index (χ3n) is 2.39. The number of benzene rings is 1. The fourth-order valence-corrected chi connectivity index (χ4v) is 1.55. The molecule has 0 bridgehead atoms. The summed E-state index contributed by atoms with van der Waals surface area (Å²) in [5.41, 5.74) is 8.33. The van der Waals surface area contributed by atoms with Crippen LogP contribution < -0.4 is 5.73 Å². The minimum absolute atomic E-state index is 0.243. The molecule has 0 aliphatic carbocycles. The Morgan fingerprint density at radius 3 is 2.40 bits per heavy atom. The first-order valence-electron chi connectivity index (χ1n) is 4.87. The molecule has 76 valence electrons. The molecule has 15 heavy (non-hydrogen) atoms. The van der Waals surface area contributed by atoms with E-state index in [0.29, 0.717) is 5.82 Å². The van der Waals surface area contributed by atoms with Crippen LogP contribution in [0.5, 0.6) is 0 Å². The van der Waals surface area contributed by atoms with Gasteiger partial charge in [0.2, 0.25) is 0 Å². The molecule has 3 nitrogen and oxygen atoms in total. The van der Waals surface area contributed by atoms with Gasteiger partial charge in [0.1, 0.15) is 5.82 Å². The van der Waals surface area contributed by atoms with Crippen molar-refractivity contribution in [3.05, 3.63) is 59.7 Å². The second kappa shape index (κ2) is 4.19. The van der Waals surface area contributed by atoms with Gasteiger partial charge in [-0.2, -0.15) is 0 Å². The summed E-state index contributed by atoms with van der Waals surface area (Å²) in [5.74, 6) is 0.659. The summed E-state index contributed by atoms with van der Waals surface area (Å²) in [6, 6.07) is 9.57. The normalized spacial score (nSPS) is 12.4. The predicted octanol–water partition coefficient (Wildman–Crippen LogP) is 1.83. The van der Waals surface area contributed by atoms with Crippen molar-refractivity contribution in [3.8, 4) is 0 Å². The predicted molar refractivity (Wildman–Crippen MR) is 59.2 cm³/mol. The number of hydrogen-bond acceptors (Lipinski definition) is 3. The van der Waals surface area contributed by atoms with E-state index in [1.165, 1.54) is 0 Å². The molecule has 0 radical (unpaired) electrons. The first kappa shape index (κ1) is 9.80. The highest BCUT2D eigenvalue weighted by Gasteiger charge is 2.12. The fourth-order valence-electron chi connectivity index (χ4n) is 1.55. The molecule has 2 rings (SSSR count). The van der Waals surface area contributed by atoms with Gasteiger partial charge in [-0.25, -0.2) is 9.97 Å². The van der Waals surface area contributed by atoms with Crippen molar-refractivity contribution in [3.63, 3.8) is 0 Å². The highest BCUT2D eigenvalue weighted by Crippen LogP contribution is 2.18. The maximum atomic E-state index is 6.09. The lowest BCUT2D eigenvalue weighted by Gasteiger charge is -2.12. The minimum Gasteiger partial charge on any atom is -0.318 e. The lowest BCUT2D eigenvalue weighted by Crippen LogP contribution is -2.16. The van der Waals surface area contributed by atoms with Crippen molar-refractivity contribution in [1.82, 2.24) is 9.97 Å². The summed E-state index contributed by atoms with van der Waals surface area (Å²) in [7, 11) is 0. The van der Waals surface area contributed by atoms with Crippen molar-refractivity contribution in [2.75, 3.05) is 0 Å². The van der Waals surface area contributed by atoms with E-state index in [4.69, 9.17) is 5.73 Å². The van der Waals surface area contributed by atoms with Crippen LogP contribution in [-0.2, 0) is 0 Å². The van der Waals surface area contributed by atoms with Crippen LogP contribution in [0.2, 0.25) is 0 Å². The largest absolute Gasteiger partial charge is 0.318 e. The lowest BCUT2D eigenvalue weighted by atomic mass is 10.0. The number of aryl methyl sites for hydroxylation is 1. The molecule has 2 aromatic rings. The third kappa shape index (κ3) is 2.02. The molecule has 3 heteroatoms. The molecule has 0 amide bonds. The maximum Gasteiger partial charge on any atom is 0.149 e. The van der Waals surface area contributed by atoms with Crippen LogP contribution in [0.25, 0.3) is 0 Å². The van der Waals surface area contributed by atoms with Crippen molar-refractivity contribution >= 4 is 0 Å². The summed E-state index contributed by atoms with van der Waals surface area (Å²) in [4.78, 5) is 8.32. The van der Waals surface area contributed by atoms with Crippen molar-refractivity contribution < 1.29 is 0 Å². The average Bonchev–Trinajstić information content (AvgIpc) is 2.30. The van der Waals surface area contributed by atoms with Crippen LogP contribution in [0.15, 0.2) is 42.7 Å². The van der Waals surface area contributed by atoms with Gasteiger partial charge in [-0.05, 0) is 24.1 Å². The van der Waals surface area contributed by atoms with Gasteiger partial charge in [0.15, 0.2) is 0 Å². The highest BCUT2D eigenvalue weighted by molar-refractivity contribution is 5.31. The first-order valence-corrected chi connectivity index (χ1v) is 4.87. The van der Waals surface area contributed by atoms with E-state index in [0.717, 1.165) is 11.1 Å². The fraction of sp³-hybridized carbons (Fsp3) is 0.167. The smallest absolute Gasteiger partial charge is 0.149 e. The van der Waals surface area contributed by atoms with Gasteiger partial charge in [0.05, 0.1) is 6.04 Å². The zero-order chi connectivity index (χ0) is 10.7. The molecule has 2 N–H and O–H groups in total.